The van der Waals surface area contributed by atoms with Crippen LogP contribution in [0.3, 0.4) is 0 Å². The molecule has 4 aromatic rings. The van der Waals surface area contributed by atoms with Crippen LogP contribution >= 0.6 is 0 Å². The van der Waals surface area contributed by atoms with Crippen molar-refractivity contribution in [3.63, 3.8) is 0 Å². The molecule has 44 heavy (non-hydrogen) atoms. The van der Waals surface area contributed by atoms with Crippen molar-refractivity contribution in [3.05, 3.63) is 104 Å². The molecule has 0 spiro atoms. The van der Waals surface area contributed by atoms with Crippen molar-refractivity contribution in [2.45, 2.75) is 39.7 Å². The average molecular weight is 597 g/mol. The van der Waals surface area contributed by atoms with Gasteiger partial charge in [-0.15, -0.1) is 0 Å². The standard InChI is InChI=1S/C34H40N6O4/c1-23-27(7-6-8-28(23)37-32(42)24-9-11-25(12-10-24)34(2,3)4)29-22-38(5)33(43)31(36-29)35-26-13-14-40(30(41)21-26)16-15-39-17-19-44-20-18-39/h6-14,21-22H,15-20H2,1-5H3,(H,35,36)(H,37,42). The second kappa shape index (κ2) is 13.0. The van der Waals surface area contributed by atoms with E-state index in [1.54, 1.807) is 30.1 Å². The molecule has 1 amide bonds. The molecule has 5 rings (SSSR count). The predicted molar refractivity (Wildman–Crippen MR) is 174 cm³/mol. The summed E-state index contributed by atoms with van der Waals surface area (Å²) in [6.07, 6.45) is 3.39. The van der Waals surface area contributed by atoms with E-state index in [2.05, 4.69) is 41.3 Å². The molecule has 0 unspecified atom stereocenters. The third-order valence-corrected chi connectivity index (χ3v) is 7.96. The summed E-state index contributed by atoms with van der Waals surface area (Å²) in [5.74, 6) is -0.107. The van der Waals surface area contributed by atoms with Crippen molar-refractivity contribution in [2.24, 2.45) is 7.05 Å². The molecule has 230 valence electrons. The summed E-state index contributed by atoms with van der Waals surface area (Å²) < 4.78 is 8.50. The Morgan fingerprint density at radius 2 is 1.73 bits per heavy atom. The molecule has 2 aromatic carbocycles. The first-order chi connectivity index (χ1) is 21.0. The van der Waals surface area contributed by atoms with Crippen LogP contribution in [0.15, 0.2) is 76.6 Å². The first-order valence-electron chi connectivity index (χ1n) is 14.9. The molecule has 1 fully saturated rings. The summed E-state index contributed by atoms with van der Waals surface area (Å²) in [5, 5.41) is 6.07. The van der Waals surface area contributed by atoms with Crippen molar-refractivity contribution < 1.29 is 9.53 Å². The van der Waals surface area contributed by atoms with Gasteiger partial charge in [0.1, 0.15) is 0 Å². The second-order valence-corrected chi connectivity index (χ2v) is 12.2. The van der Waals surface area contributed by atoms with Crippen LogP contribution in [0.4, 0.5) is 17.2 Å². The monoisotopic (exact) mass is 596 g/mol. The molecule has 3 heterocycles. The van der Waals surface area contributed by atoms with Crippen molar-refractivity contribution in [1.29, 1.82) is 0 Å². The highest BCUT2D eigenvalue weighted by Crippen LogP contribution is 2.28. The molecule has 0 radical (unpaired) electrons. The Bertz CT molecular complexity index is 1760. The lowest BCUT2D eigenvalue weighted by Gasteiger charge is -2.26. The maximum Gasteiger partial charge on any atom is 0.293 e. The largest absolute Gasteiger partial charge is 0.379 e. The third kappa shape index (κ3) is 7.15. The number of rotatable bonds is 8. The minimum absolute atomic E-state index is 0.000766. The van der Waals surface area contributed by atoms with Gasteiger partial charge in [-0.3, -0.25) is 19.3 Å². The molecule has 1 aliphatic heterocycles. The molecule has 2 N–H and O–H groups in total. The number of carbonyl (C=O) groups is 1. The van der Waals surface area contributed by atoms with E-state index in [9.17, 15) is 14.4 Å². The summed E-state index contributed by atoms with van der Waals surface area (Å²) >= 11 is 0. The number of hydrogen-bond acceptors (Lipinski definition) is 7. The molecule has 1 aliphatic rings. The minimum Gasteiger partial charge on any atom is -0.379 e. The Hall–Kier alpha value is -4.54. The SMILES string of the molecule is Cc1c(NC(=O)c2ccc(C(C)(C)C)cc2)cccc1-c1cn(C)c(=O)c(Nc2ccn(CCN3CCOCC3)c(=O)c2)n1. The lowest BCUT2D eigenvalue weighted by Crippen LogP contribution is -2.39. The Kier molecular flexibility index (Phi) is 9.12. The Labute approximate surface area is 257 Å². The molecule has 10 heteroatoms. The van der Waals surface area contributed by atoms with Crippen LogP contribution in [0.5, 0.6) is 0 Å². The number of carbonyl (C=O) groups excluding carboxylic acids is 1. The predicted octanol–water partition coefficient (Wildman–Crippen LogP) is 4.54. The first-order valence-corrected chi connectivity index (χ1v) is 14.9. The third-order valence-electron chi connectivity index (χ3n) is 7.96. The Balaban J connectivity index is 1.34. The number of aryl methyl sites for hydroxylation is 1. The summed E-state index contributed by atoms with van der Waals surface area (Å²) in [4.78, 5) is 45.8. The fourth-order valence-corrected chi connectivity index (χ4v) is 5.16. The van der Waals surface area contributed by atoms with Crippen molar-refractivity contribution in [2.75, 3.05) is 43.5 Å². The number of hydrogen-bond donors (Lipinski definition) is 2. The minimum atomic E-state index is -0.328. The van der Waals surface area contributed by atoms with Crippen LogP contribution < -0.4 is 21.8 Å². The number of ether oxygens (including phenoxy) is 1. The Morgan fingerprint density at radius 3 is 2.41 bits per heavy atom. The summed E-state index contributed by atoms with van der Waals surface area (Å²) in [6.45, 7) is 12.8. The number of nitrogens with one attached hydrogen (secondary N) is 2. The zero-order valence-corrected chi connectivity index (χ0v) is 26.0. The topological polar surface area (TPSA) is 110 Å². The van der Waals surface area contributed by atoms with Gasteiger partial charge in [0.25, 0.3) is 17.0 Å². The number of nitrogens with zero attached hydrogens (tertiary/aromatic N) is 4. The van der Waals surface area contributed by atoms with Gasteiger partial charge >= 0.3 is 0 Å². The van der Waals surface area contributed by atoms with Gasteiger partial charge < -0.3 is 24.5 Å². The molecule has 1 saturated heterocycles. The number of amides is 1. The average Bonchev–Trinajstić information content (AvgIpc) is 3.00. The van der Waals surface area contributed by atoms with E-state index in [4.69, 9.17) is 4.74 Å². The van der Waals surface area contributed by atoms with Crippen LogP contribution in [-0.2, 0) is 23.7 Å². The normalized spacial score (nSPS) is 13.9. The molecule has 0 atom stereocenters. The van der Waals surface area contributed by atoms with Crippen LogP contribution in [0.1, 0.15) is 42.3 Å². The van der Waals surface area contributed by atoms with Crippen molar-refractivity contribution in [3.8, 4) is 11.3 Å². The summed E-state index contributed by atoms with van der Waals surface area (Å²) in [6, 6.07) is 16.5. The maximum absolute atomic E-state index is 13.1. The molecule has 0 saturated carbocycles. The highest BCUT2D eigenvalue weighted by molar-refractivity contribution is 6.05. The molecule has 0 bridgehead atoms. The van der Waals surface area contributed by atoms with E-state index < -0.39 is 0 Å². The van der Waals surface area contributed by atoms with Crippen LogP contribution in [0.2, 0.25) is 0 Å². The molecule has 10 nitrogen and oxygen atoms in total. The van der Waals surface area contributed by atoms with Gasteiger partial charge in [0, 0.05) is 74.2 Å². The second-order valence-electron chi connectivity index (χ2n) is 12.2. The quantitative estimate of drug-likeness (QED) is 0.307. The van der Waals surface area contributed by atoms with E-state index in [-0.39, 0.29) is 28.3 Å². The number of pyridine rings is 1. The zero-order valence-electron chi connectivity index (χ0n) is 26.0. The van der Waals surface area contributed by atoms with Gasteiger partial charge in [0.2, 0.25) is 0 Å². The van der Waals surface area contributed by atoms with Gasteiger partial charge in [-0.25, -0.2) is 4.98 Å². The van der Waals surface area contributed by atoms with E-state index in [1.165, 1.54) is 10.6 Å². The molecular weight excluding hydrogens is 556 g/mol. The van der Waals surface area contributed by atoms with Crippen molar-refractivity contribution >= 4 is 23.1 Å². The van der Waals surface area contributed by atoms with E-state index in [0.29, 0.717) is 42.4 Å². The van der Waals surface area contributed by atoms with E-state index in [0.717, 1.165) is 36.3 Å². The number of anilines is 3. The molecule has 0 aliphatic carbocycles. The van der Waals surface area contributed by atoms with Crippen LogP contribution in [-0.4, -0.2) is 57.8 Å². The summed E-state index contributed by atoms with van der Waals surface area (Å²) in [7, 11) is 1.66. The number of morpholine rings is 1. The van der Waals surface area contributed by atoms with Gasteiger partial charge in [0.05, 0.1) is 18.9 Å². The molecular formula is C34H40N6O4. The molecule has 2 aromatic heterocycles. The first kappa shape index (κ1) is 30.9. The smallest absolute Gasteiger partial charge is 0.293 e. The Morgan fingerprint density at radius 1 is 1.00 bits per heavy atom. The lowest BCUT2D eigenvalue weighted by atomic mass is 9.86. The summed E-state index contributed by atoms with van der Waals surface area (Å²) in [5.41, 5.74) is 4.49. The van der Waals surface area contributed by atoms with Crippen molar-refractivity contribution in [1.82, 2.24) is 19.0 Å². The fraction of sp³-hybridized carbons (Fsp3) is 0.353. The van der Waals surface area contributed by atoms with Gasteiger partial charge in [-0.1, -0.05) is 45.0 Å². The highest BCUT2D eigenvalue weighted by Gasteiger charge is 2.17. The van der Waals surface area contributed by atoms with Gasteiger partial charge in [0.15, 0.2) is 5.82 Å². The van der Waals surface area contributed by atoms with Crippen LogP contribution in [0, 0.1) is 6.92 Å². The van der Waals surface area contributed by atoms with Gasteiger partial charge in [-0.05, 0) is 47.7 Å². The van der Waals surface area contributed by atoms with E-state index >= 15 is 0 Å². The lowest BCUT2D eigenvalue weighted by molar-refractivity contribution is 0.0363. The maximum atomic E-state index is 13.1. The van der Waals surface area contributed by atoms with E-state index in [1.807, 2.05) is 49.4 Å². The van der Waals surface area contributed by atoms with Crippen LogP contribution in [0.25, 0.3) is 11.3 Å². The van der Waals surface area contributed by atoms with Gasteiger partial charge in [-0.2, -0.15) is 0 Å². The zero-order chi connectivity index (χ0) is 31.4. The fourth-order valence-electron chi connectivity index (χ4n) is 5.16. The highest BCUT2D eigenvalue weighted by atomic mass is 16.5. The number of aromatic nitrogens is 3. The number of benzene rings is 2.